The zero-order valence-corrected chi connectivity index (χ0v) is 14.4. The van der Waals surface area contributed by atoms with Crippen molar-refractivity contribution in [2.24, 2.45) is 11.3 Å². The zero-order chi connectivity index (χ0) is 14.7. The van der Waals surface area contributed by atoms with E-state index in [1.807, 2.05) is 0 Å². The molecular weight excluding hydrogens is 256 g/mol. The summed E-state index contributed by atoms with van der Waals surface area (Å²) in [6.45, 7) is 8.75. The van der Waals surface area contributed by atoms with E-state index in [1.165, 1.54) is 83.8 Å². The van der Waals surface area contributed by atoms with Crippen molar-refractivity contribution < 1.29 is 0 Å². The highest BCUT2D eigenvalue weighted by molar-refractivity contribution is 4.94. The van der Waals surface area contributed by atoms with Gasteiger partial charge in [0.05, 0.1) is 0 Å². The van der Waals surface area contributed by atoms with Gasteiger partial charge in [0.15, 0.2) is 0 Å². The molecule has 0 radical (unpaired) electrons. The Morgan fingerprint density at radius 3 is 2.19 bits per heavy atom. The van der Waals surface area contributed by atoms with Gasteiger partial charge in [-0.15, -0.1) is 0 Å². The van der Waals surface area contributed by atoms with E-state index in [1.54, 1.807) is 0 Å². The van der Waals surface area contributed by atoms with Gasteiger partial charge in [-0.2, -0.15) is 0 Å². The van der Waals surface area contributed by atoms with Gasteiger partial charge in [-0.25, -0.2) is 0 Å². The Balaban J connectivity index is 1.63. The molecule has 0 aliphatic heterocycles. The van der Waals surface area contributed by atoms with E-state index in [4.69, 9.17) is 0 Å². The molecule has 0 unspecified atom stereocenters. The van der Waals surface area contributed by atoms with Crippen LogP contribution in [0.3, 0.4) is 0 Å². The third-order valence-electron chi connectivity index (χ3n) is 5.71. The van der Waals surface area contributed by atoms with Crippen LogP contribution in [0.4, 0.5) is 0 Å². The second-order valence-corrected chi connectivity index (χ2v) is 8.62. The highest BCUT2D eigenvalue weighted by atomic mass is 15.2. The van der Waals surface area contributed by atoms with E-state index in [9.17, 15) is 0 Å². The summed E-state index contributed by atoms with van der Waals surface area (Å²) in [7, 11) is 0. The minimum absolute atomic E-state index is 0.580. The van der Waals surface area contributed by atoms with Gasteiger partial charge in [-0.3, -0.25) is 4.90 Å². The summed E-state index contributed by atoms with van der Waals surface area (Å²) in [6, 6.07) is 1.79. The molecule has 3 aliphatic rings. The first-order valence-electron chi connectivity index (χ1n) is 9.64. The Hall–Kier alpha value is -0.0800. The number of rotatable bonds is 8. The Labute approximate surface area is 132 Å². The van der Waals surface area contributed by atoms with Gasteiger partial charge in [0.25, 0.3) is 0 Å². The van der Waals surface area contributed by atoms with Gasteiger partial charge >= 0.3 is 0 Å². The van der Waals surface area contributed by atoms with Crippen molar-refractivity contribution in [1.29, 1.82) is 0 Å². The monoisotopic (exact) mass is 292 g/mol. The molecular formula is C19H36N2. The van der Waals surface area contributed by atoms with Crippen LogP contribution in [0.5, 0.6) is 0 Å². The van der Waals surface area contributed by atoms with Crippen LogP contribution in [0.25, 0.3) is 0 Å². The molecule has 1 N–H and O–H groups in total. The second kappa shape index (κ2) is 7.00. The van der Waals surface area contributed by atoms with Crippen molar-refractivity contribution in [3.63, 3.8) is 0 Å². The van der Waals surface area contributed by atoms with E-state index in [2.05, 4.69) is 24.1 Å². The van der Waals surface area contributed by atoms with Crippen molar-refractivity contribution in [2.45, 2.75) is 90.1 Å². The minimum atomic E-state index is 0.580. The topological polar surface area (TPSA) is 15.3 Å². The van der Waals surface area contributed by atoms with Crippen LogP contribution in [-0.2, 0) is 0 Å². The molecule has 2 nitrogen and oxygen atoms in total. The summed E-state index contributed by atoms with van der Waals surface area (Å²) in [5, 5.41) is 3.89. The van der Waals surface area contributed by atoms with E-state index >= 15 is 0 Å². The van der Waals surface area contributed by atoms with Crippen LogP contribution < -0.4 is 5.32 Å². The molecule has 0 amide bonds. The molecule has 3 aliphatic carbocycles. The highest BCUT2D eigenvalue weighted by Crippen LogP contribution is 2.39. The number of hydrogen-bond acceptors (Lipinski definition) is 2. The maximum Gasteiger partial charge on any atom is 0.00967 e. The van der Waals surface area contributed by atoms with Crippen molar-refractivity contribution in [1.82, 2.24) is 10.2 Å². The summed E-state index contributed by atoms with van der Waals surface area (Å²) >= 11 is 0. The number of hydrogen-bond donors (Lipinski definition) is 1. The van der Waals surface area contributed by atoms with Crippen LogP contribution in [0.1, 0.15) is 78.1 Å². The summed E-state index contributed by atoms with van der Waals surface area (Å²) in [5.74, 6) is 0.810. The molecule has 3 fully saturated rings. The summed E-state index contributed by atoms with van der Waals surface area (Å²) < 4.78 is 0. The molecule has 3 rings (SSSR count). The quantitative estimate of drug-likeness (QED) is 0.675. The van der Waals surface area contributed by atoms with Crippen molar-refractivity contribution in [3.8, 4) is 0 Å². The van der Waals surface area contributed by atoms with E-state index in [-0.39, 0.29) is 0 Å². The van der Waals surface area contributed by atoms with Crippen molar-refractivity contribution in [3.05, 3.63) is 0 Å². The predicted octanol–water partition coefficient (Wildman–Crippen LogP) is 4.20. The van der Waals surface area contributed by atoms with Gasteiger partial charge in [0, 0.05) is 31.7 Å². The number of nitrogens with one attached hydrogen (secondary N) is 1. The van der Waals surface area contributed by atoms with E-state index < -0.39 is 0 Å². The fourth-order valence-electron chi connectivity index (χ4n) is 4.20. The molecule has 0 aromatic rings. The van der Waals surface area contributed by atoms with Crippen molar-refractivity contribution in [2.75, 3.05) is 19.6 Å². The molecule has 0 spiro atoms. The second-order valence-electron chi connectivity index (χ2n) is 8.62. The van der Waals surface area contributed by atoms with Crippen LogP contribution in [0.15, 0.2) is 0 Å². The van der Waals surface area contributed by atoms with Crippen LogP contribution in [-0.4, -0.2) is 36.6 Å². The average Bonchev–Trinajstić information content (AvgIpc) is 3.31. The normalized spacial score (nSPS) is 26.3. The summed E-state index contributed by atoms with van der Waals surface area (Å²) in [5.41, 5.74) is 0.580. The van der Waals surface area contributed by atoms with Crippen LogP contribution in [0.2, 0.25) is 0 Å². The minimum Gasteiger partial charge on any atom is -0.313 e. The average molecular weight is 293 g/mol. The number of nitrogens with zero attached hydrogens (tertiary/aromatic N) is 1. The van der Waals surface area contributed by atoms with Gasteiger partial charge in [0.2, 0.25) is 0 Å². The summed E-state index contributed by atoms with van der Waals surface area (Å²) in [6.07, 6.45) is 14.6. The molecule has 3 saturated carbocycles. The van der Waals surface area contributed by atoms with E-state index in [0.29, 0.717) is 5.41 Å². The largest absolute Gasteiger partial charge is 0.313 e. The Morgan fingerprint density at radius 1 is 1.00 bits per heavy atom. The first-order chi connectivity index (χ1) is 10.2. The molecule has 122 valence electrons. The standard InChI is InChI=1S/C19H36N2/c1-16(2)13-21(18-9-10-18)15-19(14-20-17-7-8-17)11-5-3-4-6-12-19/h16-18,20H,3-15H2,1-2H3. The van der Waals surface area contributed by atoms with Gasteiger partial charge in [-0.05, 0) is 49.9 Å². The Kier molecular flexibility index (Phi) is 5.27. The van der Waals surface area contributed by atoms with E-state index in [0.717, 1.165) is 18.0 Å². The molecule has 0 aromatic carbocycles. The van der Waals surface area contributed by atoms with Gasteiger partial charge in [-0.1, -0.05) is 39.5 Å². The molecule has 0 saturated heterocycles. The molecule has 0 bridgehead atoms. The lowest BCUT2D eigenvalue weighted by atomic mass is 9.79. The smallest absolute Gasteiger partial charge is 0.00967 e. The molecule has 0 atom stereocenters. The Morgan fingerprint density at radius 2 is 1.67 bits per heavy atom. The SMILES string of the molecule is CC(C)CN(CC1(CNC2CC2)CCCCCC1)C1CC1. The zero-order valence-electron chi connectivity index (χ0n) is 14.4. The Bertz CT molecular complexity index is 310. The van der Waals surface area contributed by atoms with Gasteiger partial charge in [0.1, 0.15) is 0 Å². The first kappa shape index (κ1) is 15.8. The third-order valence-corrected chi connectivity index (χ3v) is 5.71. The lowest BCUT2D eigenvalue weighted by molar-refractivity contribution is 0.110. The van der Waals surface area contributed by atoms with Gasteiger partial charge < -0.3 is 5.32 Å². The third kappa shape index (κ3) is 4.96. The fourth-order valence-corrected chi connectivity index (χ4v) is 4.20. The fraction of sp³-hybridized carbons (Fsp3) is 1.00. The highest BCUT2D eigenvalue weighted by Gasteiger charge is 2.38. The van der Waals surface area contributed by atoms with Crippen molar-refractivity contribution >= 4 is 0 Å². The summed E-state index contributed by atoms with van der Waals surface area (Å²) in [4.78, 5) is 2.87. The maximum atomic E-state index is 3.89. The lowest BCUT2D eigenvalue weighted by Gasteiger charge is -2.39. The molecule has 0 aromatic heterocycles. The maximum absolute atomic E-state index is 3.89. The molecule has 2 heteroatoms. The van der Waals surface area contributed by atoms with Crippen LogP contribution >= 0.6 is 0 Å². The predicted molar refractivity (Wildman–Crippen MR) is 90.6 cm³/mol. The van der Waals surface area contributed by atoms with Crippen LogP contribution in [0, 0.1) is 11.3 Å². The molecule has 0 heterocycles. The first-order valence-corrected chi connectivity index (χ1v) is 9.64. The molecule has 21 heavy (non-hydrogen) atoms. The lowest BCUT2D eigenvalue weighted by Crippen LogP contribution is -2.46.